The zero-order chi connectivity index (χ0) is 20.8. The predicted molar refractivity (Wildman–Crippen MR) is 100 cm³/mol. The smallest absolute Gasteiger partial charge is 0.434 e. The van der Waals surface area contributed by atoms with Crippen molar-refractivity contribution >= 4 is 28.4 Å². The van der Waals surface area contributed by atoms with Crippen molar-refractivity contribution in [1.29, 1.82) is 0 Å². The first-order valence-electron chi connectivity index (χ1n) is 8.28. The highest BCUT2D eigenvalue weighted by atomic mass is 35.5. The van der Waals surface area contributed by atoms with E-state index in [2.05, 4.69) is 20.1 Å². The van der Waals surface area contributed by atoms with E-state index in [4.69, 9.17) is 11.6 Å². The minimum absolute atomic E-state index is 0.204. The third-order valence-electron chi connectivity index (χ3n) is 4.01. The number of alkyl halides is 3. The summed E-state index contributed by atoms with van der Waals surface area (Å²) in [7, 11) is 0. The van der Waals surface area contributed by atoms with Gasteiger partial charge >= 0.3 is 6.18 Å². The van der Waals surface area contributed by atoms with Gasteiger partial charge in [-0.3, -0.25) is 0 Å². The Morgan fingerprint density at radius 3 is 2.59 bits per heavy atom. The van der Waals surface area contributed by atoms with E-state index in [9.17, 15) is 17.7 Å². The van der Waals surface area contributed by atoms with E-state index in [1.54, 1.807) is 25.3 Å². The SMILES string of the molecule is CC[S+]([O-])c1ccc(-n2cc(Cl)cn2)nc1-c1cn2cc(C(F)(F)F)ncc2n1. The molecule has 0 aliphatic heterocycles. The number of hydrogen-bond acceptors (Lipinski definition) is 5. The largest absolute Gasteiger partial charge is 0.611 e. The van der Waals surface area contributed by atoms with Crippen molar-refractivity contribution in [2.24, 2.45) is 0 Å². The molecule has 1 atom stereocenters. The highest BCUT2D eigenvalue weighted by molar-refractivity contribution is 7.91. The molecule has 0 fully saturated rings. The summed E-state index contributed by atoms with van der Waals surface area (Å²) in [5.41, 5.74) is -0.288. The van der Waals surface area contributed by atoms with Crippen LogP contribution in [-0.2, 0) is 17.4 Å². The Bertz CT molecular complexity index is 1190. The van der Waals surface area contributed by atoms with Crippen LogP contribution in [-0.4, -0.2) is 39.4 Å². The van der Waals surface area contributed by atoms with Gasteiger partial charge in [-0.05, 0) is 30.2 Å². The third-order valence-corrected chi connectivity index (χ3v) is 5.55. The van der Waals surface area contributed by atoms with Crippen LogP contribution in [0, 0.1) is 0 Å². The number of hydrogen-bond donors (Lipinski definition) is 0. The van der Waals surface area contributed by atoms with Crippen LogP contribution in [0.3, 0.4) is 0 Å². The van der Waals surface area contributed by atoms with Crippen molar-refractivity contribution in [3.63, 3.8) is 0 Å². The molecule has 0 aliphatic rings. The summed E-state index contributed by atoms with van der Waals surface area (Å²) >= 11 is 4.54. The zero-order valence-corrected chi connectivity index (χ0v) is 16.3. The van der Waals surface area contributed by atoms with E-state index in [1.165, 1.54) is 21.5 Å². The minimum Gasteiger partial charge on any atom is -0.611 e. The standard InChI is InChI=1S/C17H12ClF3N6OS/c1-2-29(28)12-3-4-14(27-7-10(18)5-23-27)25-16(12)11-8-26-9-13(17(19,20)21)22-6-15(26)24-11/h3-9H,2H2,1H3. The second kappa shape index (κ2) is 7.32. The Labute approximate surface area is 170 Å². The average molecular weight is 441 g/mol. The van der Waals surface area contributed by atoms with Gasteiger partial charge in [0.15, 0.2) is 22.1 Å². The van der Waals surface area contributed by atoms with E-state index in [0.717, 1.165) is 12.4 Å². The van der Waals surface area contributed by atoms with Gasteiger partial charge in [-0.15, -0.1) is 0 Å². The van der Waals surface area contributed by atoms with Crippen LogP contribution in [0.4, 0.5) is 13.2 Å². The predicted octanol–water partition coefficient (Wildman–Crippen LogP) is 3.78. The van der Waals surface area contributed by atoms with Crippen LogP contribution in [0.1, 0.15) is 12.6 Å². The molecule has 0 N–H and O–H groups in total. The van der Waals surface area contributed by atoms with Gasteiger partial charge < -0.3 is 8.95 Å². The minimum atomic E-state index is -4.58. The molecule has 7 nitrogen and oxygen atoms in total. The summed E-state index contributed by atoms with van der Waals surface area (Å²) in [6.07, 6.45) is 1.68. The van der Waals surface area contributed by atoms with Crippen LogP contribution in [0.2, 0.25) is 5.02 Å². The first kappa shape index (κ1) is 19.7. The lowest BCUT2D eigenvalue weighted by Gasteiger charge is -2.12. The number of imidazole rings is 1. The maximum atomic E-state index is 12.9. The lowest BCUT2D eigenvalue weighted by molar-refractivity contribution is -0.141. The summed E-state index contributed by atoms with van der Waals surface area (Å²) in [4.78, 5) is 12.6. The molecule has 150 valence electrons. The molecule has 29 heavy (non-hydrogen) atoms. The molecule has 0 amide bonds. The van der Waals surface area contributed by atoms with Crippen LogP contribution < -0.4 is 0 Å². The summed E-state index contributed by atoms with van der Waals surface area (Å²) in [6, 6.07) is 3.27. The second-order valence-corrected chi connectivity index (χ2v) is 8.06. The van der Waals surface area contributed by atoms with Gasteiger partial charge in [-0.1, -0.05) is 11.6 Å². The topological polar surface area (TPSA) is 84.0 Å². The first-order valence-corrected chi connectivity index (χ1v) is 9.98. The average Bonchev–Trinajstić information content (AvgIpc) is 3.31. The molecule has 0 aromatic carbocycles. The first-order chi connectivity index (χ1) is 13.8. The van der Waals surface area contributed by atoms with Gasteiger partial charge in [-0.2, -0.15) is 18.3 Å². The molecule has 0 aliphatic carbocycles. The van der Waals surface area contributed by atoms with Crippen LogP contribution >= 0.6 is 11.6 Å². The number of rotatable bonds is 4. The van der Waals surface area contributed by atoms with E-state index in [-0.39, 0.29) is 17.0 Å². The molecule has 4 heterocycles. The Kier molecular flexibility index (Phi) is 4.97. The molecule has 12 heteroatoms. The zero-order valence-electron chi connectivity index (χ0n) is 14.8. The van der Waals surface area contributed by atoms with Gasteiger partial charge in [0, 0.05) is 12.4 Å². The van der Waals surface area contributed by atoms with Crippen molar-refractivity contribution in [2.45, 2.75) is 18.0 Å². The fraction of sp³-hybridized carbons (Fsp3) is 0.176. The van der Waals surface area contributed by atoms with Gasteiger partial charge in [0.05, 0.1) is 23.6 Å². The van der Waals surface area contributed by atoms with Gasteiger partial charge in [-0.25, -0.2) is 19.6 Å². The van der Waals surface area contributed by atoms with Crippen LogP contribution in [0.25, 0.3) is 22.9 Å². The number of aromatic nitrogens is 6. The lowest BCUT2D eigenvalue weighted by Crippen LogP contribution is -2.09. The van der Waals surface area contributed by atoms with E-state index >= 15 is 0 Å². The molecule has 0 saturated heterocycles. The highest BCUT2D eigenvalue weighted by Gasteiger charge is 2.33. The molecule has 4 aromatic heterocycles. The quantitative estimate of drug-likeness (QED) is 0.451. The summed E-state index contributed by atoms with van der Waals surface area (Å²) in [5, 5.41) is 4.49. The Balaban J connectivity index is 1.87. The summed E-state index contributed by atoms with van der Waals surface area (Å²) < 4.78 is 53.9. The fourth-order valence-corrected chi connectivity index (χ4v) is 3.70. The maximum absolute atomic E-state index is 12.9. The van der Waals surface area contributed by atoms with Gasteiger partial charge in [0.2, 0.25) is 0 Å². The van der Waals surface area contributed by atoms with E-state index in [1.807, 2.05) is 0 Å². The second-order valence-electron chi connectivity index (χ2n) is 5.92. The number of pyridine rings is 1. The summed E-state index contributed by atoms with van der Waals surface area (Å²) in [6.45, 7) is 1.75. The third kappa shape index (κ3) is 3.80. The van der Waals surface area contributed by atoms with Crippen molar-refractivity contribution in [3.8, 4) is 17.2 Å². The number of halogens is 4. The Hall–Kier alpha value is -2.63. The number of nitrogens with zero attached hydrogens (tertiary/aromatic N) is 6. The van der Waals surface area contributed by atoms with Crippen molar-refractivity contribution in [1.82, 2.24) is 29.1 Å². The maximum Gasteiger partial charge on any atom is 0.434 e. The van der Waals surface area contributed by atoms with Crippen molar-refractivity contribution < 1.29 is 17.7 Å². The van der Waals surface area contributed by atoms with E-state index in [0.29, 0.717) is 21.5 Å². The fourth-order valence-electron chi connectivity index (χ4n) is 2.67. The van der Waals surface area contributed by atoms with Gasteiger partial charge in [0.25, 0.3) is 0 Å². The van der Waals surface area contributed by atoms with Crippen LogP contribution in [0.15, 0.2) is 48.0 Å². The van der Waals surface area contributed by atoms with Crippen molar-refractivity contribution in [3.05, 3.63) is 53.8 Å². The van der Waals surface area contributed by atoms with E-state index < -0.39 is 23.0 Å². The Morgan fingerprint density at radius 2 is 1.93 bits per heavy atom. The van der Waals surface area contributed by atoms with Crippen molar-refractivity contribution in [2.75, 3.05) is 5.75 Å². The van der Waals surface area contributed by atoms with Gasteiger partial charge in [0.1, 0.15) is 17.1 Å². The molecule has 0 saturated carbocycles. The molecular weight excluding hydrogens is 429 g/mol. The normalized spacial score (nSPS) is 13.2. The molecule has 0 spiro atoms. The highest BCUT2D eigenvalue weighted by Crippen LogP contribution is 2.30. The molecule has 4 aromatic rings. The molecule has 0 bridgehead atoms. The Morgan fingerprint density at radius 1 is 1.14 bits per heavy atom. The van der Waals surface area contributed by atoms with Crippen LogP contribution in [0.5, 0.6) is 0 Å². The molecule has 1 unspecified atom stereocenters. The summed E-state index contributed by atoms with van der Waals surface area (Å²) in [5.74, 6) is 0.740. The molecule has 0 radical (unpaired) electrons. The monoisotopic (exact) mass is 440 g/mol. The molecular formula is C17H12ClF3N6OS. The lowest BCUT2D eigenvalue weighted by atomic mass is 10.3. The number of fused-ring (bicyclic) bond motifs is 1. The molecule has 4 rings (SSSR count).